The number of carbonyl (C=O) groups is 1. The number of hydrogen-bond donors (Lipinski definition) is 1. The zero-order valence-corrected chi connectivity index (χ0v) is 14.5. The van der Waals surface area contributed by atoms with Gasteiger partial charge in [0.1, 0.15) is 11.5 Å². The second kappa shape index (κ2) is 7.61. The second-order valence-corrected chi connectivity index (χ2v) is 6.70. The number of rotatable bonds is 6. The number of piperidine rings is 1. The molecule has 0 aromatic carbocycles. The van der Waals surface area contributed by atoms with Crippen LogP contribution in [0.2, 0.25) is 0 Å². The molecule has 0 saturated carbocycles. The molecule has 3 heterocycles. The highest BCUT2D eigenvalue weighted by atomic mass is 16.2. The van der Waals surface area contributed by atoms with Crippen molar-refractivity contribution in [2.45, 2.75) is 31.7 Å². The fraction of sp³-hybridized carbons (Fsp3) is 0.588. The molecule has 1 aliphatic heterocycles. The molecule has 0 bridgehead atoms. The third kappa shape index (κ3) is 3.84. The molecule has 24 heavy (non-hydrogen) atoms. The van der Waals surface area contributed by atoms with Crippen molar-refractivity contribution >= 4 is 5.91 Å². The van der Waals surface area contributed by atoms with Gasteiger partial charge in [-0.2, -0.15) is 5.10 Å². The number of hydrogen-bond acceptors (Lipinski definition) is 4. The monoisotopic (exact) mass is 330 g/mol. The summed E-state index contributed by atoms with van der Waals surface area (Å²) in [4.78, 5) is 21.2. The first-order chi connectivity index (χ1) is 11.6. The van der Waals surface area contributed by atoms with E-state index < -0.39 is 0 Å². The van der Waals surface area contributed by atoms with Crippen LogP contribution in [0.5, 0.6) is 0 Å². The van der Waals surface area contributed by atoms with Gasteiger partial charge in [-0.3, -0.25) is 9.89 Å². The van der Waals surface area contributed by atoms with Crippen molar-refractivity contribution in [3.63, 3.8) is 0 Å². The zero-order chi connectivity index (χ0) is 16.9. The van der Waals surface area contributed by atoms with Crippen LogP contribution in [0.25, 0.3) is 0 Å². The standard InChI is InChI=1S/C17H26N6O/c1-21(2)9-4-11-22-12-8-18-16(22)14-5-3-10-23(13-14)17(24)15-6-7-19-20-15/h6-8,12,14H,3-5,9-11,13H2,1-2H3,(H,19,20). The van der Waals surface area contributed by atoms with E-state index in [0.29, 0.717) is 11.6 Å². The van der Waals surface area contributed by atoms with Crippen LogP contribution in [0.15, 0.2) is 24.7 Å². The lowest BCUT2D eigenvalue weighted by molar-refractivity contribution is 0.0697. The third-order valence-corrected chi connectivity index (χ3v) is 4.56. The van der Waals surface area contributed by atoms with Crippen molar-refractivity contribution in [1.29, 1.82) is 0 Å². The average Bonchev–Trinajstić information content (AvgIpc) is 3.26. The summed E-state index contributed by atoms with van der Waals surface area (Å²) in [5.74, 6) is 1.44. The number of nitrogens with one attached hydrogen (secondary N) is 1. The molecule has 1 amide bonds. The Morgan fingerprint density at radius 1 is 1.42 bits per heavy atom. The lowest BCUT2D eigenvalue weighted by Crippen LogP contribution is -2.40. The van der Waals surface area contributed by atoms with Crippen molar-refractivity contribution in [2.75, 3.05) is 33.7 Å². The van der Waals surface area contributed by atoms with Gasteiger partial charge in [-0.05, 0) is 46.0 Å². The van der Waals surface area contributed by atoms with Gasteiger partial charge >= 0.3 is 0 Å². The van der Waals surface area contributed by atoms with Crippen LogP contribution in [0.4, 0.5) is 0 Å². The lowest BCUT2D eigenvalue weighted by atomic mass is 9.96. The summed E-state index contributed by atoms with van der Waals surface area (Å²) in [6.07, 6.45) is 8.74. The number of aromatic nitrogens is 4. The van der Waals surface area contributed by atoms with Crippen molar-refractivity contribution in [3.05, 3.63) is 36.2 Å². The molecule has 7 heteroatoms. The van der Waals surface area contributed by atoms with E-state index in [4.69, 9.17) is 0 Å². The van der Waals surface area contributed by atoms with E-state index in [1.807, 2.05) is 11.1 Å². The Labute approximate surface area is 142 Å². The highest BCUT2D eigenvalue weighted by Crippen LogP contribution is 2.26. The first-order valence-corrected chi connectivity index (χ1v) is 8.59. The molecule has 2 aromatic heterocycles. The zero-order valence-electron chi connectivity index (χ0n) is 14.5. The summed E-state index contributed by atoms with van der Waals surface area (Å²) < 4.78 is 2.25. The Morgan fingerprint density at radius 2 is 2.29 bits per heavy atom. The minimum atomic E-state index is 0.0305. The SMILES string of the molecule is CN(C)CCCn1ccnc1C1CCCN(C(=O)c2ccn[nH]2)C1. The molecule has 1 saturated heterocycles. The summed E-state index contributed by atoms with van der Waals surface area (Å²) in [7, 11) is 4.18. The minimum absolute atomic E-state index is 0.0305. The van der Waals surface area contributed by atoms with Crippen LogP contribution < -0.4 is 0 Å². The van der Waals surface area contributed by atoms with E-state index in [9.17, 15) is 4.79 Å². The normalized spacial score (nSPS) is 18.3. The van der Waals surface area contributed by atoms with Crippen LogP contribution in [0, 0.1) is 0 Å². The summed E-state index contributed by atoms with van der Waals surface area (Å²) in [6, 6.07) is 1.73. The molecule has 7 nitrogen and oxygen atoms in total. The predicted octanol–water partition coefficient (Wildman–Crippen LogP) is 1.58. The fourth-order valence-electron chi connectivity index (χ4n) is 3.34. The number of nitrogens with zero attached hydrogens (tertiary/aromatic N) is 5. The fourth-order valence-corrected chi connectivity index (χ4v) is 3.34. The molecular weight excluding hydrogens is 304 g/mol. The van der Waals surface area contributed by atoms with E-state index in [1.54, 1.807) is 12.3 Å². The van der Waals surface area contributed by atoms with Crippen LogP contribution in [-0.2, 0) is 6.54 Å². The molecule has 0 radical (unpaired) electrons. The van der Waals surface area contributed by atoms with E-state index in [1.165, 1.54) is 0 Å². The van der Waals surface area contributed by atoms with Gasteiger partial charge in [-0.1, -0.05) is 0 Å². The van der Waals surface area contributed by atoms with Gasteiger partial charge in [0.2, 0.25) is 0 Å². The van der Waals surface area contributed by atoms with Gasteiger partial charge in [0, 0.05) is 44.1 Å². The number of carbonyl (C=O) groups excluding carboxylic acids is 1. The van der Waals surface area contributed by atoms with E-state index in [-0.39, 0.29) is 5.91 Å². The smallest absolute Gasteiger partial charge is 0.271 e. The number of amides is 1. The first kappa shape index (κ1) is 16.7. The summed E-state index contributed by atoms with van der Waals surface area (Å²) >= 11 is 0. The Balaban J connectivity index is 1.65. The highest BCUT2D eigenvalue weighted by molar-refractivity contribution is 5.92. The summed E-state index contributed by atoms with van der Waals surface area (Å²) in [5, 5.41) is 6.64. The Morgan fingerprint density at radius 3 is 3.04 bits per heavy atom. The number of aromatic amines is 1. The number of likely N-dealkylation sites (tertiary alicyclic amines) is 1. The van der Waals surface area contributed by atoms with Gasteiger partial charge in [0.15, 0.2) is 0 Å². The van der Waals surface area contributed by atoms with Crippen LogP contribution in [0.3, 0.4) is 0 Å². The van der Waals surface area contributed by atoms with E-state index in [2.05, 4.69) is 44.9 Å². The van der Waals surface area contributed by atoms with Gasteiger partial charge in [0.05, 0.1) is 0 Å². The number of aryl methyl sites for hydroxylation is 1. The van der Waals surface area contributed by atoms with Crippen molar-refractivity contribution in [3.8, 4) is 0 Å². The number of imidazole rings is 1. The van der Waals surface area contributed by atoms with Crippen molar-refractivity contribution < 1.29 is 4.79 Å². The highest BCUT2D eigenvalue weighted by Gasteiger charge is 2.28. The summed E-state index contributed by atoms with van der Waals surface area (Å²) in [6.45, 7) is 3.56. The maximum absolute atomic E-state index is 12.5. The average molecular weight is 330 g/mol. The van der Waals surface area contributed by atoms with Gasteiger partial charge in [0.25, 0.3) is 5.91 Å². The largest absolute Gasteiger partial charge is 0.337 e. The van der Waals surface area contributed by atoms with Crippen LogP contribution >= 0.6 is 0 Å². The third-order valence-electron chi connectivity index (χ3n) is 4.56. The predicted molar refractivity (Wildman–Crippen MR) is 91.9 cm³/mol. The molecule has 2 aromatic rings. The molecular formula is C17H26N6O. The molecule has 1 atom stereocenters. The van der Waals surface area contributed by atoms with Gasteiger partial charge < -0.3 is 14.4 Å². The first-order valence-electron chi connectivity index (χ1n) is 8.59. The Bertz CT molecular complexity index is 648. The maximum atomic E-state index is 12.5. The quantitative estimate of drug-likeness (QED) is 0.873. The van der Waals surface area contributed by atoms with Crippen LogP contribution in [-0.4, -0.2) is 69.2 Å². The van der Waals surface area contributed by atoms with Gasteiger partial charge in [-0.15, -0.1) is 0 Å². The van der Waals surface area contributed by atoms with Gasteiger partial charge in [-0.25, -0.2) is 4.98 Å². The molecule has 0 aliphatic carbocycles. The molecule has 1 fully saturated rings. The molecule has 0 spiro atoms. The van der Waals surface area contributed by atoms with Crippen molar-refractivity contribution in [2.24, 2.45) is 0 Å². The van der Waals surface area contributed by atoms with E-state index in [0.717, 1.165) is 51.3 Å². The molecule has 1 aliphatic rings. The molecule has 130 valence electrons. The van der Waals surface area contributed by atoms with Crippen molar-refractivity contribution in [1.82, 2.24) is 29.5 Å². The second-order valence-electron chi connectivity index (χ2n) is 6.70. The van der Waals surface area contributed by atoms with Crippen LogP contribution in [0.1, 0.15) is 41.5 Å². The van der Waals surface area contributed by atoms with E-state index >= 15 is 0 Å². The Hall–Kier alpha value is -2.15. The maximum Gasteiger partial charge on any atom is 0.271 e. The number of H-pyrrole nitrogens is 1. The molecule has 1 N–H and O–H groups in total. The molecule has 3 rings (SSSR count). The minimum Gasteiger partial charge on any atom is -0.337 e. The Kier molecular flexibility index (Phi) is 5.30. The topological polar surface area (TPSA) is 70.1 Å². The molecule has 1 unspecified atom stereocenters. The summed E-state index contributed by atoms with van der Waals surface area (Å²) in [5.41, 5.74) is 0.560. The lowest BCUT2D eigenvalue weighted by Gasteiger charge is -2.32.